The van der Waals surface area contributed by atoms with Crippen molar-refractivity contribution in [3.05, 3.63) is 55.3 Å². The zero-order chi connectivity index (χ0) is 14.7. The molecule has 0 aliphatic carbocycles. The molecule has 0 saturated heterocycles. The van der Waals surface area contributed by atoms with E-state index in [-0.39, 0.29) is 28.6 Å². The molecule has 20 heavy (non-hydrogen) atoms. The molecule has 0 spiro atoms. The van der Waals surface area contributed by atoms with Crippen molar-refractivity contribution >= 4 is 23.2 Å². The number of aromatic nitrogens is 2. The van der Waals surface area contributed by atoms with Gasteiger partial charge in [-0.2, -0.15) is 0 Å². The lowest BCUT2D eigenvalue weighted by Gasteiger charge is -2.04. The first-order valence-corrected chi connectivity index (χ1v) is 5.62. The fourth-order valence-electron chi connectivity index (χ4n) is 1.40. The monoisotopic (exact) mass is 298 g/mol. The lowest BCUT2D eigenvalue weighted by Crippen LogP contribution is -2.24. The summed E-state index contributed by atoms with van der Waals surface area (Å²) >= 11 is 5.81. The molecular weight excluding hydrogens is 292 g/mol. The molecule has 104 valence electrons. The maximum absolute atomic E-state index is 11.9. The number of nitro groups is 1. The molecule has 0 bridgehead atoms. The van der Waals surface area contributed by atoms with E-state index in [1.165, 1.54) is 12.1 Å². The van der Waals surface area contributed by atoms with Gasteiger partial charge in [0.05, 0.1) is 22.1 Å². The summed E-state index contributed by atoms with van der Waals surface area (Å²) in [5.41, 5.74) is -0.305. The number of hydrogen-bond donors (Lipinski definition) is 2. The summed E-state index contributed by atoms with van der Waals surface area (Å²) < 4.78 is 4.25. The van der Waals surface area contributed by atoms with Crippen molar-refractivity contribution in [1.29, 1.82) is 0 Å². The van der Waals surface area contributed by atoms with Crippen LogP contribution in [0.25, 0.3) is 0 Å². The number of rotatable bonds is 4. The highest BCUT2D eigenvalue weighted by Gasteiger charge is 2.16. The summed E-state index contributed by atoms with van der Waals surface area (Å²) in [4.78, 5) is 34.8. The van der Waals surface area contributed by atoms with Crippen LogP contribution in [-0.2, 0) is 6.54 Å². The van der Waals surface area contributed by atoms with E-state index in [0.717, 1.165) is 6.07 Å². The van der Waals surface area contributed by atoms with Gasteiger partial charge in [-0.25, -0.2) is 4.79 Å². The van der Waals surface area contributed by atoms with Crippen LogP contribution in [0.5, 0.6) is 0 Å². The van der Waals surface area contributed by atoms with Crippen LogP contribution in [0.2, 0.25) is 5.02 Å². The molecular formula is C10H7ClN4O5. The molecule has 0 atom stereocenters. The Hall–Kier alpha value is -2.68. The second-order valence-electron chi connectivity index (χ2n) is 3.65. The molecule has 0 aliphatic rings. The molecule has 2 N–H and O–H groups in total. The second-order valence-corrected chi connectivity index (χ2v) is 4.05. The van der Waals surface area contributed by atoms with E-state index in [9.17, 15) is 19.7 Å². The normalized spacial score (nSPS) is 10.2. The number of carbonyl (C=O) groups is 1. The van der Waals surface area contributed by atoms with Gasteiger partial charge in [0.1, 0.15) is 0 Å². The number of amides is 1. The number of nitrogens with one attached hydrogen (secondary N) is 2. The summed E-state index contributed by atoms with van der Waals surface area (Å²) in [7, 11) is 0. The lowest BCUT2D eigenvalue weighted by molar-refractivity contribution is -0.384. The molecule has 2 rings (SSSR count). The standard InChI is InChI=1S/C10H7ClN4O5/c11-7-2-1-5(15(18)19)3-6(7)9(16)12-4-8-13-10(17)20-14-8/h1-3H,4H2,(H,12,16)(H,13,14,17). The fraction of sp³-hybridized carbons (Fsp3) is 0.100. The van der Waals surface area contributed by atoms with Crippen molar-refractivity contribution in [3.8, 4) is 0 Å². The minimum Gasteiger partial charge on any atom is -0.345 e. The zero-order valence-electron chi connectivity index (χ0n) is 9.75. The number of carbonyl (C=O) groups excluding carboxylic acids is 1. The van der Waals surface area contributed by atoms with Crippen molar-refractivity contribution in [3.63, 3.8) is 0 Å². The molecule has 0 saturated carbocycles. The maximum atomic E-state index is 11.9. The molecule has 0 aliphatic heterocycles. The van der Waals surface area contributed by atoms with Gasteiger partial charge in [-0.1, -0.05) is 16.8 Å². The van der Waals surface area contributed by atoms with Gasteiger partial charge in [0.2, 0.25) is 0 Å². The predicted molar refractivity (Wildman–Crippen MR) is 66.4 cm³/mol. The Morgan fingerprint density at radius 2 is 2.30 bits per heavy atom. The van der Waals surface area contributed by atoms with Gasteiger partial charge in [0, 0.05) is 12.1 Å². The third kappa shape index (κ3) is 3.01. The highest BCUT2D eigenvalue weighted by Crippen LogP contribution is 2.21. The van der Waals surface area contributed by atoms with Crippen molar-refractivity contribution in [1.82, 2.24) is 15.5 Å². The van der Waals surface area contributed by atoms with Crippen LogP contribution in [0.1, 0.15) is 16.2 Å². The number of benzene rings is 1. The average Bonchev–Trinajstić information content (AvgIpc) is 2.82. The Labute approximate surface area is 115 Å². The smallest absolute Gasteiger partial charge is 0.345 e. The third-order valence-corrected chi connectivity index (χ3v) is 2.64. The van der Waals surface area contributed by atoms with E-state index < -0.39 is 16.6 Å². The fourth-order valence-corrected chi connectivity index (χ4v) is 1.60. The van der Waals surface area contributed by atoms with E-state index in [2.05, 4.69) is 20.0 Å². The van der Waals surface area contributed by atoms with Gasteiger partial charge in [-0.05, 0) is 6.07 Å². The summed E-state index contributed by atoms with van der Waals surface area (Å²) in [6.07, 6.45) is 0. The summed E-state index contributed by atoms with van der Waals surface area (Å²) in [6.45, 7) is -0.108. The molecule has 0 unspecified atom stereocenters. The van der Waals surface area contributed by atoms with Crippen LogP contribution in [0, 0.1) is 10.1 Å². The van der Waals surface area contributed by atoms with E-state index in [1.54, 1.807) is 0 Å². The minimum absolute atomic E-state index is 0.0493. The van der Waals surface area contributed by atoms with Crippen molar-refractivity contribution in [2.75, 3.05) is 0 Å². The third-order valence-electron chi connectivity index (χ3n) is 2.31. The molecule has 9 nitrogen and oxygen atoms in total. The van der Waals surface area contributed by atoms with E-state index in [0.29, 0.717) is 0 Å². The van der Waals surface area contributed by atoms with Gasteiger partial charge < -0.3 is 5.32 Å². The van der Waals surface area contributed by atoms with Crippen molar-refractivity contribution in [2.45, 2.75) is 6.54 Å². The molecule has 2 aromatic rings. The molecule has 1 amide bonds. The van der Waals surface area contributed by atoms with Crippen LogP contribution < -0.4 is 11.1 Å². The first kappa shape index (κ1) is 13.7. The first-order valence-electron chi connectivity index (χ1n) is 5.24. The quantitative estimate of drug-likeness (QED) is 0.635. The highest BCUT2D eigenvalue weighted by molar-refractivity contribution is 6.33. The average molecular weight is 299 g/mol. The van der Waals surface area contributed by atoms with Crippen molar-refractivity contribution in [2.24, 2.45) is 0 Å². The van der Waals surface area contributed by atoms with E-state index in [1.807, 2.05) is 0 Å². The largest absolute Gasteiger partial charge is 0.438 e. The first-order chi connectivity index (χ1) is 9.47. The van der Waals surface area contributed by atoms with Crippen molar-refractivity contribution < 1.29 is 14.2 Å². The van der Waals surface area contributed by atoms with Crippen LogP contribution in [-0.4, -0.2) is 21.0 Å². The molecule has 1 aromatic carbocycles. The Balaban J connectivity index is 2.14. The SMILES string of the molecule is O=C(NCc1noc(=O)[nH]1)c1cc([N+](=O)[O-])ccc1Cl. The molecule has 1 aromatic heterocycles. The van der Waals surface area contributed by atoms with Crippen LogP contribution in [0.3, 0.4) is 0 Å². The number of hydrogen-bond acceptors (Lipinski definition) is 6. The summed E-state index contributed by atoms with van der Waals surface area (Å²) in [5.74, 6) is -1.27. The number of aromatic amines is 1. The number of nitro benzene ring substituents is 1. The maximum Gasteiger partial charge on any atom is 0.438 e. The summed E-state index contributed by atoms with van der Waals surface area (Å²) in [6, 6.07) is 3.50. The van der Waals surface area contributed by atoms with Gasteiger partial charge in [0.25, 0.3) is 11.6 Å². The van der Waals surface area contributed by atoms with Crippen LogP contribution in [0.4, 0.5) is 5.69 Å². The van der Waals surface area contributed by atoms with Crippen LogP contribution >= 0.6 is 11.6 Å². The minimum atomic E-state index is -0.748. The predicted octanol–water partition coefficient (Wildman–Crippen LogP) is 0.854. The number of H-pyrrole nitrogens is 1. The van der Waals surface area contributed by atoms with Gasteiger partial charge in [0.15, 0.2) is 5.82 Å². The van der Waals surface area contributed by atoms with Crippen LogP contribution in [0.15, 0.2) is 27.5 Å². The van der Waals surface area contributed by atoms with E-state index in [4.69, 9.17) is 11.6 Å². The highest BCUT2D eigenvalue weighted by atomic mass is 35.5. The molecule has 1 heterocycles. The van der Waals surface area contributed by atoms with E-state index >= 15 is 0 Å². The Bertz CT molecular complexity index is 722. The topological polar surface area (TPSA) is 131 Å². The van der Waals surface area contributed by atoms with Gasteiger partial charge in [-0.3, -0.25) is 24.4 Å². The Kier molecular flexibility index (Phi) is 3.80. The van der Waals surface area contributed by atoms with Gasteiger partial charge >= 0.3 is 5.76 Å². The summed E-state index contributed by atoms with van der Waals surface area (Å²) in [5, 5.41) is 16.5. The zero-order valence-corrected chi connectivity index (χ0v) is 10.5. The number of non-ortho nitro benzene ring substituents is 1. The molecule has 0 fully saturated rings. The number of nitrogens with zero attached hydrogens (tertiary/aromatic N) is 2. The number of halogens is 1. The lowest BCUT2D eigenvalue weighted by atomic mass is 10.2. The van der Waals surface area contributed by atoms with Gasteiger partial charge in [-0.15, -0.1) is 0 Å². The Morgan fingerprint density at radius 1 is 1.55 bits per heavy atom. The Morgan fingerprint density at radius 3 is 2.90 bits per heavy atom. The molecule has 10 heteroatoms. The molecule has 0 radical (unpaired) electrons. The second kappa shape index (κ2) is 5.53.